The maximum Gasteiger partial charge on any atom is 0.419 e. The van der Waals surface area contributed by atoms with E-state index < -0.39 is 24.1 Å². The first-order chi connectivity index (χ1) is 7.91. The van der Waals surface area contributed by atoms with E-state index in [0.29, 0.717) is 0 Å². The van der Waals surface area contributed by atoms with Gasteiger partial charge in [0, 0.05) is 17.8 Å². The van der Waals surface area contributed by atoms with E-state index in [0.717, 1.165) is 12.1 Å². The van der Waals surface area contributed by atoms with Crippen LogP contribution in [0.4, 0.5) is 18.9 Å². The Labute approximate surface area is 96.0 Å². The number of rotatable bonds is 4. The normalized spacial score (nSPS) is 11.6. The van der Waals surface area contributed by atoms with Gasteiger partial charge in [0.05, 0.1) is 12.2 Å². The number of aliphatic hydroxyl groups is 1. The summed E-state index contributed by atoms with van der Waals surface area (Å²) in [5.74, 6) is -0.408. The first-order valence-corrected chi connectivity index (χ1v) is 4.84. The first-order valence-electron chi connectivity index (χ1n) is 4.84. The molecule has 96 valence electrons. The van der Waals surface area contributed by atoms with Gasteiger partial charge in [-0.25, -0.2) is 0 Å². The molecule has 0 radical (unpaired) electrons. The van der Waals surface area contributed by atoms with Gasteiger partial charge in [-0.05, 0) is 12.1 Å². The Balaban J connectivity index is 3.29. The topological polar surface area (TPSA) is 81.5 Å². The predicted molar refractivity (Wildman–Crippen MR) is 56.3 cm³/mol. The molecule has 0 unspecified atom stereocenters. The van der Waals surface area contributed by atoms with Crippen LogP contribution in [-0.4, -0.2) is 18.3 Å². The molecule has 0 saturated carbocycles. The minimum atomic E-state index is -4.55. The van der Waals surface area contributed by atoms with Crippen LogP contribution < -0.4 is 16.2 Å². The molecule has 4 nitrogen and oxygen atoms in total. The van der Waals surface area contributed by atoms with Crippen molar-refractivity contribution in [3.05, 3.63) is 23.3 Å². The lowest BCUT2D eigenvalue weighted by molar-refractivity contribution is -0.139. The van der Waals surface area contributed by atoms with E-state index in [1.165, 1.54) is 0 Å². The van der Waals surface area contributed by atoms with E-state index in [-0.39, 0.29) is 24.4 Å². The molecule has 0 aliphatic carbocycles. The molecule has 0 bridgehead atoms. The summed E-state index contributed by atoms with van der Waals surface area (Å²) in [5, 5.41) is 8.59. The van der Waals surface area contributed by atoms with Gasteiger partial charge in [0.15, 0.2) is 0 Å². The van der Waals surface area contributed by atoms with Crippen LogP contribution in [0.25, 0.3) is 0 Å². The predicted octanol–water partition coefficient (Wildman–Crippen LogP) is 1.12. The van der Waals surface area contributed by atoms with E-state index in [2.05, 4.69) is 0 Å². The lowest BCUT2D eigenvalue weighted by Gasteiger charge is -2.18. The van der Waals surface area contributed by atoms with E-state index in [1.807, 2.05) is 0 Å². The molecule has 1 aromatic rings. The van der Waals surface area contributed by atoms with Crippen molar-refractivity contribution < 1.29 is 23.0 Å². The summed E-state index contributed by atoms with van der Waals surface area (Å²) in [6.45, 7) is -0.813. The number of nitrogen functional groups attached to an aromatic ring is 1. The zero-order valence-electron chi connectivity index (χ0n) is 8.92. The summed E-state index contributed by atoms with van der Waals surface area (Å²) < 4.78 is 43.0. The van der Waals surface area contributed by atoms with Gasteiger partial charge in [0.1, 0.15) is 12.4 Å². The molecule has 5 N–H and O–H groups in total. The molecule has 0 heterocycles. The Morgan fingerprint density at radius 2 is 1.94 bits per heavy atom. The Kier molecular flexibility index (Phi) is 4.19. The number of hydrogen-bond acceptors (Lipinski definition) is 4. The highest BCUT2D eigenvalue weighted by molar-refractivity contribution is 5.58. The number of alkyl halides is 3. The minimum Gasteiger partial charge on any atom is -0.490 e. The van der Waals surface area contributed by atoms with Gasteiger partial charge in [-0.3, -0.25) is 0 Å². The van der Waals surface area contributed by atoms with Gasteiger partial charge in [0.25, 0.3) is 0 Å². The van der Waals surface area contributed by atoms with Crippen molar-refractivity contribution in [1.29, 1.82) is 0 Å². The zero-order valence-corrected chi connectivity index (χ0v) is 8.92. The SMILES string of the molecule is NCc1c(N)ccc(C(F)(F)F)c1OCCO. The standard InChI is InChI=1S/C10H13F3N2O2/c11-10(12,13)7-1-2-8(15)6(5-14)9(7)17-4-3-16/h1-2,16H,3-5,14-15H2. The Morgan fingerprint density at radius 3 is 2.41 bits per heavy atom. The van der Waals surface area contributed by atoms with Crippen LogP contribution in [0.15, 0.2) is 12.1 Å². The maximum atomic E-state index is 12.7. The molecule has 0 amide bonds. The van der Waals surface area contributed by atoms with Gasteiger partial charge in [-0.1, -0.05) is 0 Å². The number of benzene rings is 1. The molecule has 0 saturated heterocycles. The molecule has 17 heavy (non-hydrogen) atoms. The second-order valence-electron chi connectivity index (χ2n) is 3.28. The smallest absolute Gasteiger partial charge is 0.419 e. The van der Waals surface area contributed by atoms with Crippen molar-refractivity contribution in [2.45, 2.75) is 12.7 Å². The highest BCUT2D eigenvalue weighted by Gasteiger charge is 2.35. The average molecular weight is 250 g/mol. The minimum absolute atomic E-state index is 0.0910. The van der Waals surface area contributed by atoms with E-state index in [4.69, 9.17) is 21.3 Å². The summed E-state index contributed by atoms with van der Waals surface area (Å²) in [6, 6.07) is 1.97. The molecule has 0 atom stereocenters. The molecule has 0 aromatic heterocycles. The number of nitrogens with two attached hydrogens (primary N) is 2. The zero-order chi connectivity index (χ0) is 13.1. The second-order valence-corrected chi connectivity index (χ2v) is 3.28. The summed E-state index contributed by atoms with van der Waals surface area (Å²) in [4.78, 5) is 0. The Bertz CT molecular complexity index is 394. The van der Waals surface area contributed by atoms with Crippen LogP contribution >= 0.6 is 0 Å². The number of hydrogen-bond donors (Lipinski definition) is 3. The number of aliphatic hydroxyl groups excluding tert-OH is 1. The van der Waals surface area contributed by atoms with Crippen LogP contribution in [0.1, 0.15) is 11.1 Å². The number of anilines is 1. The van der Waals surface area contributed by atoms with Crippen LogP contribution in [0, 0.1) is 0 Å². The fourth-order valence-electron chi connectivity index (χ4n) is 1.39. The largest absolute Gasteiger partial charge is 0.490 e. The molecule has 1 rings (SSSR count). The summed E-state index contributed by atoms with van der Waals surface area (Å²) in [7, 11) is 0. The monoisotopic (exact) mass is 250 g/mol. The lowest BCUT2D eigenvalue weighted by atomic mass is 10.1. The van der Waals surface area contributed by atoms with Crippen LogP contribution in [-0.2, 0) is 12.7 Å². The summed E-state index contributed by atoms with van der Waals surface area (Å²) >= 11 is 0. The quantitative estimate of drug-likeness (QED) is 0.699. The highest BCUT2D eigenvalue weighted by atomic mass is 19.4. The van der Waals surface area contributed by atoms with Crippen molar-refractivity contribution in [3.63, 3.8) is 0 Å². The summed E-state index contributed by atoms with van der Waals surface area (Å²) in [5.41, 5.74) is 10.2. The van der Waals surface area contributed by atoms with Crippen LogP contribution in [0.3, 0.4) is 0 Å². The van der Waals surface area contributed by atoms with E-state index in [9.17, 15) is 13.2 Å². The molecular weight excluding hydrogens is 237 g/mol. The van der Waals surface area contributed by atoms with Crippen molar-refractivity contribution in [3.8, 4) is 5.75 Å². The van der Waals surface area contributed by atoms with Gasteiger partial charge in [0.2, 0.25) is 0 Å². The molecule has 0 aliphatic heterocycles. The average Bonchev–Trinajstić information content (AvgIpc) is 2.24. The third-order valence-corrected chi connectivity index (χ3v) is 2.14. The van der Waals surface area contributed by atoms with Crippen molar-refractivity contribution >= 4 is 5.69 Å². The van der Waals surface area contributed by atoms with Crippen molar-refractivity contribution in [1.82, 2.24) is 0 Å². The second kappa shape index (κ2) is 5.24. The van der Waals surface area contributed by atoms with Crippen LogP contribution in [0.2, 0.25) is 0 Å². The third kappa shape index (κ3) is 3.01. The first kappa shape index (κ1) is 13.6. The molecule has 0 spiro atoms. The van der Waals surface area contributed by atoms with Gasteiger partial charge in [-0.15, -0.1) is 0 Å². The molecule has 1 aromatic carbocycles. The van der Waals surface area contributed by atoms with Gasteiger partial charge < -0.3 is 21.3 Å². The van der Waals surface area contributed by atoms with Crippen molar-refractivity contribution in [2.24, 2.45) is 5.73 Å². The Morgan fingerprint density at radius 1 is 1.29 bits per heavy atom. The van der Waals surface area contributed by atoms with Gasteiger partial charge >= 0.3 is 6.18 Å². The number of ether oxygens (including phenoxy) is 1. The van der Waals surface area contributed by atoms with E-state index in [1.54, 1.807) is 0 Å². The lowest BCUT2D eigenvalue weighted by Crippen LogP contribution is -2.15. The molecular formula is C10H13F3N2O2. The van der Waals surface area contributed by atoms with Crippen LogP contribution in [0.5, 0.6) is 5.75 Å². The molecule has 0 aliphatic rings. The molecule has 0 fully saturated rings. The highest BCUT2D eigenvalue weighted by Crippen LogP contribution is 2.40. The fourth-order valence-corrected chi connectivity index (χ4v) is 1.39. The fraction of sp³-hybridized carbons (Fsp3) is 0.400. The third-order valence-electron chi connectivity index (χ3n) is 2.14. The summed E-state index contributed by atoms with van der Waals surface area (Å²) in [6.07, 6.45) is -4.55. The maximum absolute atomic E-state index is 12.7. The number of halogens is 3. The van der Waals surface area contributed by atoms with E-state index >= 15 is 0 Å². The molecule has 7 heteroatoms. The van der Waals surface area contributed by atoms with Crippen molar-refractivity contribution in [2.75, 3.05) is 18.9 Å². The Hall–Kier alpha value is -1.47. The van der Waals surface area contributed by atoms with Gasteiger partial charge in [-0.2, -0.15) is 13.2 Å².